The molecular formula is C31H32F2N4O4. The monoisotopic (exact) mass is 562 g/mol. The first-order chi connectivity index (χ1) is 19.5. The van der Waals surface area contributed by atoms with E-state index >= 15 is 0 Å². The molecule has 2 aromatic carbocycles. The lowest BCUT2D eigenvalue weighted by atomic mass is 9.96. The van der Waals surface area contributed by atoms with Crippen molar-refractivity contribution in [3.05, 3.63) is 116 Å². The number of nitrogens with one attached hydrogen (secondary N) is 1. The second kappa shape index (κ2) is 13.7. The van der Waals surface area contributed by atoms with Crippen LogP contribution >= 0.6 is 0 Å². The number of carbonyl (C=O) groups is 2. The number of aldehydes is 1. The van der Waals surface area contributed by atoms with Gasteiger partial charge >= 0.3 is 5.97 Å². The molecule has 2 N–H and O–H groups in total. The Kier molecular flexibility index (Phi) is 10.3. The van der Waals surface area contributed by atoms with Crippen molar-refractivity contribution in [1.29, 1.82) is 0 Å². The van der Waals surface area contributed by atoms with Crippen LogP contribution in [0.3, 0.4) is 0 Å². The second-order valence-corrected chi connectivity index (χ2v) is 9.70. The first-order valence-corrected chi connectivity index (χ1v) is 12.8. The van der Waals surface area contributed by atoms with Gasteiger partial charge in [-0.2, -0.15) is 5.10 Å². The SMILES string of the molecule is CNC(Cc1cccc(Cc2c(C)cnn(C)c2=O)c1)C(=O)O.Cc1cncc(C)c1-c1ccc(F)c(C=O)c1F. The Morgan fingerprint density at radius 3 is 2.32 bits per heavy atom. The largest absolute Gasteiger partial charge is 0.480 e. The Hall–Kier alpha value is -4.57. The predicted octanol–water partition coefficient (Wildman–Crippen LogP) is 4.35. The van der Waals surface area contributed by atoms with Crippen LogP contribution in [-0.2, 0) is 24.7 Å². The number of aryl methyl sites for hydroxylation is 4. The number of nitrogens with zero attached hydrogens (tertiary/aromatic N) is 3. The van der Waals surface area contributed by atoms with E-state index in [-0.39, 0.29) is 17.4 Å². The smallest absolute Gasteiger partial charge is 0.321 e. The van der Waals surface area contributed by atoms with E-state index in [1.807, 2.05) is 31.2 Å². The van der Waals surface area contributed by atoms with Gasteiger partial charge in [0.1, 0.15) is 17.7 Å². The van der Waals surface area contributed by atoms with Crippen LogP contribution in [0.15, 0.2) is 59.8 Å². The van der Waals surface area contributed by atoms with Gasteiger partial charge in [-0.1, -0.05) is 24.3 Å². The van der Waals surface area contributed by atoms with Gasteiger partial charge in [-0.05, 0) is 79.8 Å². The Morgan fingerprint density at radius 1 is 1.05 bits per heavy atom. The number of hydrogen-bond acceptors (Lipinski definition) is 6. The minimum Gasteiger partial charge on any atom is -0.480 e. The molecule has 0 aliphatic heterocycles. The number of rotatable bonds is 8. The van der Waals surface area contributed by atoms with Gasteiger partial charge in [0.05, 0.1) is 11.8 Å². The van der Waals surface area contributed by atoms with Crippen LogP contribution in [-0.4, -0.2) is 45.2 Å². The molecule has 2 heterocycles. The molecule has 1 atom stereocenters. The molecule has 0 radical (unpaired) electrons. The normalized spacial score (nSPS) is 11.4. The summed E-state index contributed by atoms with van der Waals surface area (Å²) in [5, 5.41) is 15.9. The van der Waals surface area contributed by atoms with Crippen molar-refractivity contribution >= 4 is 12.3 Å². The third-order valence-electron chi connectivity index (χ3n) is 6.75. The number of likely N-dealkylation sites (N-methyl/N-ethyl adjacent to an activating group) is 1. The molecule has 4 rings (SSSR count). The van der Waals surface area contributed by atoms with E-state index in [0.717, 1.165) is 33.9 Å². The molecular weight excluding hydrogens is 530 g/mol. The minimum atomic E-state index is -0.878. The summed E-state index contributed by atoms with van der Waals surface area (Å²) in [6.45, 7) is 5.45. The molecule has 0 amide bonds. The fraction of sp³-hybridized carbons (Fsp3) is 0.258. The quantitative estimate of drug-likeness (QED) is 0.307. The number of aromatic nitrogens is 3. The van der Waals surface area contributed by atoms with Crippen molar-refractivity contribution < 1.29 is 23.5 Å². The molecule has 0 bridgehead atoms. The Morgan fingerprint density at radius 2 is 1.71 bits per heavy atom. The molecule has 0 saturated carbocycles. The van der Waals surface area contributed by atoms with Crippen LogP contribution in [0.5, 0.6) is 0 Å². The number of carboxylic acid groups (broad SMARTS) is 1. The number of carboxylic acids is 1. The summed E-state index contributed by atoms with van der Waals surface area (Å²) in [7, 11) is 3.26. The van der Waals surface area contributed by atoms with Gasteiger partial charge in [-0.3, -0.25) is 19.4 Å². The highest BCUT2D eigenvalue weighted by Gasteiger charge is 2.18. The molecule has 4 aromatic rings. The molecule has 0 spiro atoms. The predicted molar refractivity (Wildman–Crippen MR) is 152 cm³/mol. The van der Waals surface area contributed by atoms with E-state index in [1.54, 1.807) is 46.5 Å². The van der Waals surface area contributed by atoms with Crippen LogP contribution in [0.25, 0.3) is 11.1 Å². The van der Waals surface area contributed by atoms with E-state index in [0.29, 0.717) is 24.0 Å². The van der Waals surface area contributed by atoms with Crippen LogP contribution in [0, 0.1) is 32.4 Å². The van der Waals surface area contributed by atoms with Gasteiger partial charge in [0, 0.05) is 37.0 Å². The molecule has 0 saturated heterocycles. The number of pyridine rings is 1. The highest BCUT2D eigenvalue weighted by atomic mass is 19.1. The highest BCUT2D eigenvalue weighted by molar-refractivity contribution is 5.81. The Bertz CT molecular complexity index is 1620. The van der Waals surface area contributed by atoms with Crippen molar-refractivity contribution in [3.8, 4) is 11.1 Å². The standard InChI is InChI=1S/C17H21N3O3.C14H11F2NO/c1-11-10-19-20(3)16(21)14(11)8-12-5-4-6-13(7-12)9-15(18-2)17(22)23;1-8-5-17-6-9(2)13(8)10-3-4-12(15)11(7-18)14(10)16/h4-7,10,15,18H,8-9H2,1-3H3,(H,22,23);3-7H,1-2H3. The number of hydrogen-bond donors (Lipinski definition) is 2. The maximum Gasteiger partial charge on any atom is 0.321 e. The highest BCUT2D eigenvalue weighted by Crippen LogP contribution is 2.30. The molecule has 0 aliphatic rings. The van der Waals surface area contributed by atoms with Crippen LogP contribution < -0.4 is 10.9 Å². The summed E-state index contributed by atoms with van der Waals surface area (Å²) in [6, 6.07) is 9.49. The van der Waals surface area contributed by atoms with Gasteiger partial charge in [-0.25, -0.2) is 13.5 Å². The number of halogens is 2. The molecule has 214 valence electrons. The first kappa shape index (κ1) is 31.0. The summed E-state index contributed by atoms with van der Waals surface area (Å²) in [5.74, 6) is -2.56. The van der Waals surface area contributed by atoms with Crippen molar-refractivity contribution in [2.45, 2.75) is 39.7 Å². The molecule has 1 unspecified atom stereocenters. The van der Waals surface area contributed by atoms with Gasteiger partial charge in [-0.15, -0.1) is 0 Å². The zero-order chi connectivity index (χ0) is 30.3. The number of aliphatic carboxylic acids is 1. The maximum atomic E-state index is 14.1. The lowest BCUT2D eigenvalue weighted by molar-refractivity contribution is -0.139. The summed E-state index contributed by atoms with van der Waals surface area (Å²) in [4.78, 5) is 38.0. The molecule has 10 heteroatoms. The van der Waals surface area contributed by atoms with E-state index in [1.165, 1.54) is 10.7 Å². The Labute approximate surface area is 236 Å². The topological polar surface area (TPSA) is 114 Å². The van der Waals surface area contributed by atoms with Gasteiger partial charge in [0.25, 0.3) is 5.56 Å². The molecule has 2 aromatic heterocycles. The number of benzene rings is 2. The summed E-state index contributed by atoms with van der Waals surface area (Å²) >= 11 is 0. The van der Waals surface area contributed by atoms with Crippen LogP contribution in [0.4, 0.5) is 8.78 Å². The zero-order valence-electron chi connectivity index (χ0n) is 23.5. The lowest BCUT2D eigenvalue weighted by Gasteiger charge is -2.12. The zero-order valence-corrected chi connectivity index (χ0v) is 23.5. The van der Waals surface area contributed by atoms with E-state index in [4.69, 9.17) is 5.11 Å². The van der Waals surface area contributed by atoms with E-state index in [2.05, 4.69) is 15.4 Å². The maximum absolute atomic E-state index is 14.1. The van der Waals surface area contributed by atoms with Crippen molar-refractivity contribution in [2.24, 2.45) is 7.05 Å². The third kappa shape index (κ3) is 7.34. The fourth-order valence-corrected chi connectivity index (χ4v) is 4.50. The van der Waals surface area contributed by atoms with Gasteiger partial charge in [0.15, 0.2) is 6.29 Å². The minimum absolute atomic E-state index is 0.103. The molecule has 0 aliphatic carbocycles. The second-order valence-electron chi connectivity index (χ2n) is 9.70. The summed E-state index contributed by atoms with van der Waals surface area (Å²) in [6.07, 6.45) is 5.98. The van der Waals surface area contributed by atoms with E-state index in [9.17, 15) is 23.2 Å². The molecule has 0 fully saturated rings. The average Bonchev–Trinajstić information content (AvgIpc) is 2.93. The van der Waals surface area contributed by atoms with Gasteiger partial charge < -0.3 is 10.4 Å². The summed E-state index contributed by atoms with van der Waals surface area (Å²) in [5.41, 5.74) is 5.25. The summed E-state index contributed by atoms with van der Waals surface area (Å²) < 4.78 is 28.7. The Balaban J connectivity index is 0.000000232. The third-order valence-corrected chi connectivity index (χ3v) is 6.75. The first-order valence-electron chi connectivity index (χ1n) is 12.8. The van der Waals surface area contributed by atoms with Crippen LogP contribution in [0.2, 0.25) is 0 Å². The number of carbonyl (C=O) groups excluding carboxylic acids is 1. The average molecular weight is 563 g/mol. The molecule has 41 heavy (non-hydrogen) atoms. The lowest BCUT2D eigenvalue weighted by Crippen LogP contribution is -2.35. The van der Waals surface area contributed by atoms with E-state index < -0.39 is 29.2 Å². The van der Waals surface area contributed by atoms with Gasteiger partial charge in [0.2, 0.25) is 0 Å². The van der Waals surface area contributed by atoms with Crippen molar-refractivity contribution in [2.75, 3.05) is 7.05 Å². The molecule has 8 nitrogen and oxygen atoms in total. The van der Waals surface area contributed by atoms with Crippen molar-refractivity contribution in [1.82, 2.24) is 20.1 Å². The fourth-order valence-electron chi connectivity index (χ4n) is 4.50. The van der Waals surface area contributed by atoms with Crippen LogP contribution in [0.1, 0.15) is 43.7 Å². The van der Waals surface area contributed by atoms with Crippen molar-refractivity contribution in [3.63, 3.8) is 0 Å².